The average Bonchev–Trinajstić information content (AvgIpc) is 2.77. The highest BCUT2D eigenvalue weighted by Gasteiger charge is 2.22. The van der Waals surface area contributed by atoms with E-state index in [1.807, 2.05) is 23.1 Å². The van der Waals surface area contributed by atoms with Gasteiger partial charge in [0.25, 0.3) is 5.91 Å². The molecule has 28 heavy (non-hydrogen) atoms. The molecule has 2 aromatic rings. The number of fused-ring (bicyclic) bond motifs is 1. The van der Waals surface area contributed by atoms with E-state index in [9.17, 15) is 4.79 Å². The lowest BCUT2D eigenvalue weighted by Gasteiger charge is -2.36. The molecule has 1 aliphatic carbocycles. The molecule has 0 bridgehead atoms. The summed E-state index contributed by atoms with van der Waals surface area (Å²) < 4.78 is 11.0. The van der Waals surface area contributed by atoms with Gasteiger partial charge in [-0.1, -0.05) is 6.07 Å². The van der Waals surface area contributed by atoms with Crippen LogP contribution in [0.1, 0.15) is 24.0 Å². The standard InChI is InChI=1S/C23H28N2O3/c1-27-21-10-7-20(8-11-21)24-12-14-25(15-13-24)23(26)17-28-22-9-6-18-4-2-3-5-19(18)16-22/h6-11,16H,2-5,12-15,17H2,1H3. The number of anilines is 1. The predicted molar refractivity (Wildman–Crippen MR) is 110 cm³/mol. The van der Waals surface area contributed by atoms with Crippen molar-refractivity contribution in [3.8, 4) is 11.5 Å². The number of benzene rings is 2. The molecule has 148 valence electrons. The summed E-state index contributed by atoms with van der Waals surface area (Å²) in [6.07, 6.45) is 4.79. The van der Waals surface area contributed by atoms with Crippen LogP contribution in [0.25, 0.3) is 0 Å². The largest absolute Gasteiger partial charge is 0.497 e. The molecule has 1 aliphatic heterocycles. The van der Waals surface area contributed by atoms with Crippen LogP contribution >= 0.6 is 0 Å². The summed E-state index contributed by atoms with van der Waals surface area (Å²) in [7, 11) is 1.67. The Morgan fingerprint density at radius 3 is 2.29 bits per heavy atom. The van der Waals surface area contributed by atoms with Gasteiger partial charge in [-0.3, -0.25) is 4.79 Å². The quantitative estimate of drug-likeness (QED) is 0.798. The van der Waals surface area contributed by atoms with Crippen molar-refractivity contribution in [2.45, 2.75) is 25.7 Å². The van der Waals surface area contributed by atoms with Crippen molar-refractivity contribution < 1.29 is 14.3 Å². The third-order valence-electron chi connectivity index (χ3n) is 5.75. The van der Waals surface area contributed by atoms with Gasteiger partial charge >= 0.3 is 0 Å². The average molecular weight is 380 g/mol. The Morgan fingerprint density at radius 2 is 1.57 bits per heavy atom. The summed E-state index contributed by atoms with van der Waals surface area (Å²) in [4.78, 5) is 16.8. The Morgan fingerprint density at radius 1 is 0.893 bits per heavy atom. The van der Waals surface area contributed by atoms with E-state index in [4.69, 9.17) is 9.47 Å². The lowest BCUT2D eigenvalue weighted by atomic mass is 9.92. The highest BCUT2D eigenvalue weighted by atomic mass is 16.5. The predicted octanol–water partition coefficient (Wildman–Crippen LogP) is 3.30. The molecular formula is C23H28N2O3. The first-order valence-corrected chi connectivity index (χ1v) is 10.1. The summed E-state index contributed by atoms with van der Waals surface area (Å²) in [6.45, 7) is 3.21. The van der Waals surface area contributed by atoms with Crippen LogP contribution in [0.3, 0.4) is 0 Å². The fraction of sp³-hybridized carbons (Fsp3) is 0.435. The lowest BCUT2D eigenvalue weighted by molar-refractivity contribution is -0.133. The number of aryl methyl sites for hydroxylation is 2. The van der Waals surface area contributed by atoms with Gasteiger partial charge < -0.3 is 19.3 Å². The Balaban J connectivity index is 1.27. The SMILES string of the molecule is COc1ccc(N2CCN(C(=O)COc3ccc4c(c3)CCCC4)CC2)cc1. The molecule has 1 saturated heterocycles. The normalized spacial score (nSPS) is 16.5. The van der Waals surface area contributed by atoms with Crippen molar-refractivity contribution in [3.63, 3.8) is 0 Å². The number of carbonyl (C=O) groups is 1. The van der Waals surface area contributed by atoms with Crippen molar-refractivity contribution in [2.75, 3.05) is 44.8 Å². The second kappa shape index (κ2) is 8.55. The van der Waals surface area contributed by atoms with E-state index in [0.29, 0.717) is 0 Å². The van der Waals surface area contributed by atoms with Crippen LogP contribution in [-0.4, -0.2) is 50.7 Å². The molecule has 0 spiro atoms. The van der Waals surface area contributed by atoms with Gasteiger partial charge in [0, 0.05) is 31.9 Å². The van der Waals surface area contributed by atoms with Crippen molar-refractivity contribution >= 4 is 11.6 Å². The minimum Gasteiger partial charge on any atom is -0.497 e. The first-order valence-electron chi connectivity index (χ1n) is 10.1. The van der Waals surface area contributed by atoms with Crippen LogP contribution in [0.5, 0.6) is 11.5 Å². The number of rotatable bonds is 5. The van der Waals surface area contributed by atoms with Gasteiger partial charge in [-0.15, -0.1) is 0 Å². The van der Waals surface area contributed by atoms with Crippen LogP contribution in [0.15, 0.2) is 42.5 Å². The van der Waals surface area contributed by atoms with Crippen molar-refractivity contribution in [1.29, 1.82) is 0 Å². The van der Waals surface area contributed by atoms with E-state index in [2.05, 4.69) is 29.2 Å². The van der Waals surface area contributed by atoms with E-state index < -0.39 is 0 Å². The number of nitrogens with zero attached hydrogens (tertiary/aromatic N) is 2. The molecule has 1 heterocycles. The number of amides is 1. The van der Waals surface area contributed by atoms with Crippen LogP contribution < -0.4 is 14.4 Å². The molecular weight excluding hydrogens is 352 g/mol. The zero-order valence-electron chi connectivity index (χ0n) is 16.5. The number of hydrogen-bond donors (Lipinski definition) is 0. The minimum atomic E-state index is 0.0621. The molecule has 2 aromatic carbocycles. The number of piperazine rings is 1. The second-order valence-electron chi connectivity index (χ2n) is 7.49. The molecule has 0 N–H and O–H groups in total. The summed E-state index contributed by atoms with van der Waals surface area (Å²) in [5.74, 6) is 1.73. The summed E-state index contributed by atoms with van der Waals surface area (Å²) in [5.41, 5.74) is 3.97. The first-order chi connectivity index (χ1) is 13.7. The van der Waals surface area contributed by atoms with E-state index in [1.54, 1.807) is 7.11 Å². The fourth-order valence-corrected chi connectivity index (χ4v) is 4.04. The molecule has 0 atom stereocenters. The monoisotopic (exact) mass is 380 g/mol. The highest BCUT2D eigenvalue weighted by Crippen LogP contribution is 2.25. The van der Waals surface area contributed by atoms with Gasteiger partial charge in [0.15, 0.2) is 6.61 Å². The van der Waals surface area contributed by atoms with Crippen LogP contribution in [-0.2, 0) is 17.6 Å². The number of hydrogen-bond acceptors (Lipinski definition) is 4. The Labute approximate surface area is 166 Å². The van der Waals surface area contributed by atoms with E-state index in [1.165, 1.54) is 29.7 Å². The number of ether oxygens (including phenoxy) is 2. The molecule has 2 aliphatic rings. The minimum absolute atomic E-state index is 0.0621. The summed E-state index contributed by atoms with van der Waals surface area (Å²) >= 11 is 0. The fourth-order valence-electron chi connectivity index (χ4n) is 4.04. The van der Waals surface area contributed by atoms with Gasteiger partial charge in [0.2, 0.25) is 0 Å². The van der Waals surface area contributed by atoms with E-state index >= 15 is 0 Å². The Hall–Kier alpha value is -2.69. The molecule has 1 amide bonds. The van der Waals surface area contributed by atoms with E-state index in [0.717, 1.165) is 50.5 Å². The maximum atomic E-state index is 12.6. The maximum absolute atomic E-state index is 12.6. The van der Waals surface area contributed by atoms with Gasteiger partial charge in [0.1, 0.15) is 11.5 Å². The third-order valence-corrected chi connectivity index (χ3v) is 5.75. The highest BCUT2D eigenvalue weighted by molar-refractivity contribution is 5.78. The smallest absolute Gasteiger partial charge is 0.260 e. The number of carbonyl (C=O) groups excluding carboxylic acids is 1. The van der Waals surface area contributed by atoms with Crippen molar-refractivity contribution in [1.82, 2.24) is 4.90 Å². The van der Waals surface area contributed by atoms with Crippen molar-refractivity contribution in [3.05, 3.63) is 53.6 Å². The van der Waals surface area contributed by atoms with Crippen LogP contribution in [0.4, 0.5) is 5.69 Å². The molecule has 0 unspecified atom stereocenters. The molecule has 0 aromatic heterocycles. The topological polar surface area (TPSA) is 42.0 Å². The maximum Gasteiger partial charge on any atom is 0.260 e. The third kappa shape index (κ3) is 4.24. The molecule has 5 heteroatoms. The first kappa shape index (κ1) is 18.7. The number of methoxy groups -OCH3 is 1. The van der Waals surface area contributed by atoms with Crippen molar-refractivity contribution in [2.24, 2.45) is 0 Å². The molecule has 1 fully saturated rings. The zero-order chi connectivity index (χ0) is 19.3. The van der Waals surface area contributed by atoms with Gasteiger partial charge in [-0.2, -0.15) is 0 Å². The molecule has 0 saturated carbocycles. The van der Waals surface area contributed by atoms with Crippen LogP contribution in [0, 0.1) is 0 Å². The molecule has 0 radical (unpaired) electrons. The Kier molecular flexibility index (Phi) is 5.70. The van der Waals surface area contributed by atoms with Gasteiger partial charge in [0.05, 0.1) is 7.11 Å². The lowest BCUT2D eigenvalue weighted by Crippen LogP contribution is -2.50. The molecule has 4 rings (SSSR count). The zero-order valence-corrected chi connectivity index (χ0v) is 16.5. The molecule has 5 nitrogen and oxygen atoms in total. The van der Waals surface area contributed by atoms with Gasteiger partial charge in [-0.25, -0.2) is 0 Å². The van der Waals surface area contributed by atoms with Gasteiger partial charge in [-0.05, 0) is 73.2 Å². The summed E-state index contributed by atoms with van der Waals surface area (Å²) in [5, 5.41) is 0. The van der Waals surface area contributed by atoms with E-state index in [-0.39, 0.29) is 12.5 Å². The Bertz CT molecular complexity index is 811. The second-order valence-corrected chi connectivity index (χ2v) is 7.49. The summed E-state index contributed by atoms with van der Waals surface area (Å²) in [6, 6.07) is 14.3. The van der Waals surface area contributed by atoms with Crippen LogP contribution in [0.2, 0.25) is 0 Å².